The van der Waals surface area contributed by atoms with Crippen molar-refractivity contribution in [2.75, 3.05) is 13.8 Å². The van der Waals surface area contributed by atoms with Crippen molar-refractivity contribution in [3.63, 3.8) is 0 Å². The van der Waals surface area contributed by atoms with Crippen molar-refractivity contribution in [3.05, 3.63) is 47.5 Å². The summed E-state index contributed by atoms with van der Waals surface area (Å²) in [5.74, 6) is -0.615. The Morgan fingerprint density at radius 3 is 2.74 bits per heavy atom. The lowest BCUT2D eigenvalue weighted by atomic mass is 10.1. The molecule has 1 aliphatic heterocycles. The lowest BCUT2D eigenvalue weighted by Crippen LogP contribution is -2.35. The molecular weight excluding hydrogens is 302 g/mol. The molecule has 2 N–H and O–H groups in total. The molecule has 2 aromatic rings. The van der Waals surface area contributed by atoms with Crippen LogP contribution in [0.15, 0.2) is 36.4 Å². The fourth-order valence-electron chi connectivity index (χ4n) is 2.19. The molecule has 1 heterocycles. The van der Waals surface area contributed by atoms with E-state index in [0.29, 0.717) is 17.1 Å². The van der Waals surface area contributed by atoms with Crippen LogP contribution in [0.1, 0.15) is 20.7 Å². The first-order valence-corrected chi connectivity index (χ1v) is 6.71. The SMILES string of the molecule is CN1COc2cc(Oc3cc(O)cc(C(=O)O)c3)ccc2C1=O. The molecule has 0 atom stereocenters. The Labute approximate surface area is 131 Å². The minimum Gasteiger partial charge on any atom is -0.508 e. The first-order valence-electron chi connectivity index (χ1n) is 6.71. The number of nitrogens with zero attached hydrogens (tertiary/aromatic N) is 1. The zero-order valence-corrected chi connectivity index (χ0v) is 12.1. The Morgan fingerprint density at radius 1 is 1.22 bits per heavy atom. The van der Waals surface area contributed by atoms with Crippen LogP contribution in [0.3, 0.4) is 0 Å². The summed E-state index contributed by atoms with van der Waals surface area (Å²) in [5, 5.41) is 18.5. The molecule has 0 spiro atoms. The summed E-state index contributed by atoms with van der Waals surface area (Å²) in [6.07, 6.45) is 0. The van der Waals surface area contributed by atoms with Crippen molar-refractivity contribution in [1.82, 2.24) is 4.90 Å². The van der Waals surface area contributed by atoms with Crippen LogP contribution in [0.4, 0.5) is 0 Å². The largest absolute Gasteiger partial charge is 0.508 e. The number of carbonyl (C=O) groups is 2. The molecule has 0 saturated carbocycles. The summed E-state index contributed by atoms with van der Waals surface area (Å²) in [7, 11) is 1.63. The van der Waals surface area contributed by atoms with E-state index in [-0.39, 0.29) is 29.7 Å². The average Bonchev–Trinajstić information content (AvgIpc) is 2.50. The van der Waals surface area contributed by atoms with Gasteiger partial charge in [-0.15, -0.1) is 0 Å². The van der Waals surface area contributed by atoms with Crippen LogP contribution in [0.25, 0.3) is 0 Å². The Morgan fingerprint density at radius 2 is 2.00 bits per heavy atom. The minimum atomic E-state index is -1.17. The molecular formula is C16H13NO6. The van der Waals surface area contributed by atoms with Crippen molar-refractivity contribution in [1.29, 1.82) is 0 Å². The number of ether oxygens (including phenoxy) is 2. The molecule has 1 aliphatic rings. The molecule has 0 fully saturated rings. The zero-order chi connectivity index (χ0) is 16.6. The van der Waals surface area contributed by atoms with Crippen LogP contribution in [0, 0.1) is 0 Å². The number of rotatable bonds is 3. The lowest BCUT2D eigenvalue weighted by molar-refractivity contribution is 0.0594. The summed E-state index contributed by atoms with van der Waals surface area (Å²) in [6.45, 7) is 0.143. The summed E-state index contributed by atoms with van der Waals surface area (Å²) in [4.78, 5) is 24.4. The maximum absolute atomic E-state index is 12.0. The van der Waals surface area contributed by atoms with Gasteiger partial charge in [0.25, 0.3) is 5.91 Å². The number of hydrogen-bond donors (Lipinski definition) is 2. The number of carboxylic acids is 1. The Kier molecular flexibility index (Phi) is 3.53. The second-order valence-electron chi connectivity index (χ2n) is 5.06. The van der Waals surface area contributed by atoms with Crippen LogP contribution in [-0.4, -0.2) is 40.8 Å². The smallest absolute Gasteiger partial charge is 0.335 e. The van der Waals surface area contributed by atoms with Crippen molar-refractivity contribution in [2.45, 2.75) is 0 Å². The highest BCUT2D eigenvalue weighted by atomic mass is 16.5. The molecule has 7 nitrogen and oxygen atoms in total. The number of hydrogen-bond acceptors (Lipinski definition) is 5. The van der Waals surface area contributed by atoms with Crippen molar-refractivity contribution >= 4 is 11.9 Å². The number of amides is 1. The van der Waals surface area contributed by atoms with Crippen molar-refractivity contribution in [2.24, 2.45) is 0 Å². The van der Waals surface area contributed by atoms with E-state index in [4.69, 9.17) is 14.6 Å². The molecule has 0 bridgehead atoms. The van der Waals surface area contributed by atoms with Gasteiger partial charge in [-0.3, -0.25) is 4.79 Å². The molecule has 0 saturated heterocycles. The van der Waals surface area contributed by atoms with Gasteiger partial charge < -0.3 is 24.6 Å². The van der Waals surface area contributed by atoms with E-state index >= 15 is 0 Å². The quantitative estimate of drug-likeness (QED) is 0.902. The predicted octanol–water partition coefficient (Wildman–Crippen LogP) is 2.30. The lowest BCUT2D eigenvalue weighted by Gasteiger charge is -2.25. The number of aromatic carboxylic acids is 1. The standard InChI is InChI=1S/C16H13NO6/c1-17-8-22-14-7-11(2-3-13(14)15(17)19)23-12-5-9(16(20)21)4-10(18)6-12/h2-7,18H,8H2,1H3,(H,20,21). The summed E-state index contributed by atoms with van der Waals surface area (Å²) in [6, 6.07) is 8.41. The molecule has 0 radical (unpaired) electrons. The van der Waals surface area contributed by atoms with Crippen LogP contribution in [-0.2, 0) is 0 Å². The van der Waals surface area contributed by atoms with Gasteiger partial charge in [-0.25, -0.2) is 4.79 Å². The fourth-order valence-corrected chi connectivity index (χ4v) is 2.19. The van der Waals surface area contributed by atoms with Gasteiger partial charge in [0.2, 0.25) is 0 Å². The van der Waals surface area contributed by atoms with E-state index in [0.717, 1.165) is 6.07 Å². The highest BCUT2D eigenvalue weighted by Gasteiger charge is 2.23. The van der Waals surface area contributed by atoms with Gasteiger partial charge in [-0.1, -0.05) is 0 Å². The van der Waals surface area contributed by atoms with Crippen LogP contribution >= 0.6 is 0 Å². The average molecular weight is 315 g/mol. The molecule has 0 aromatic heterocycles. The third-order valence-corrected chi connectivity index (χ3v) is 3.32. The van der Waals surface area contributed by atoms with Crippen molar-refractivity contribution < 1.29 is 29.3 Å². The second kappa shape index (κ2) is 5.53. The van der Waals surface area contributed by atoms with E-state index in [1.807, 2.05) is 0 Å². The second-order valence-corrected chi connectivity index (χ2v) is 5.06. The normalized spacial score (nSPS) is 13.3. The number of benzene rings is 2. The maximum Gasteiger partial charge on any atom is 0.335 e. The van der Waals surface area contributed by atoms with Gasteiger partial charge in [0.1, 0.15) is 23.0 Å². The Hall–Kier alpha value is -3.22. The number of phenolic OH excluding ortho intramolecular Hbond substituents is 1. The maximum atomic E-state index is 12.0. The van der Waals surface area contributed by atoms with Gasteiger partial charge >= 0.3 is 5.97 Å². The van der Waals surface area contributed by atoms with Crippen LogP contribution < -0.4 is 9.47 Å². The molecule has 1 amide bonds. The van der Waals surface area contributed by atoms with E-state index in [1.54, 1.807) is 25.2 Å². The molecule has 0 unspecified atom stereocenters. The molecule has 3 rings (SSSR count). The highest BCUT2D eigenvalue weighted by Crippen LogP contribution is 2.32. The third-order valence-electron chi connectivity index (χ3n) is 3.32. The third kappa shape index (κ3) is 2.89. The molecule has 118 valence electrons. The first kappa shape index (κ1) is 14.7. The number of carboxylic acid groups (broad SMARTS) is 1. The monoisotopic (exact) mass is 315 g/mol. The molecule has 0 aliphatic carbocycles. The Bertz CT molecular complexity index is 801. The van der Waals surface area contributed by atoms with E-state index in [9.17, 15) is 14.7 Å². The van der Waals surface area contributed by atoms with Gasteiger partial charge in [-0.05, 0) is 24.3 Å². The zero-order valence-electron chi connectivity index (χ0n) is 12.1. The molecule has 7 heteroatoms. The predicted molar refractivity (Wildman–Crippen MR) is 79.2 cm³/mol. The number of fused-ring (bicyclic) bond motifs is 1. The topological polar surface area (TPSA) is 96.3 Å². The molecule has 2 aromatic carbocycles. The highest BCUT2D eigenvalue weighted by molar-refractivity contribution is 5.97. The summed E-state index contributed by atoms with van der Waals surface area (Å²) < 4.78 is 11.0. The van der Waals surface area contributed by atoms with Gasteiger partial charge in [0.05, 0.1) is 11.1 Å². The van der Waals surface area contributed by atoms with E-state index in [2.05, 4.69) is 0 Å². The van der Waals surface area contributed by atoms with Gasteiger partial charge in [0, 0.05) is 19.2 Å². The van der Waals surface area contributed by atoms with E-state index in [1.165, 1.54) is 17.0 Å². The van der Waals surface area contributed by atoms with Crippen LogP contribution in [0.5, 0.6) is 23.0 Å². The fraction of sp³-hybridized carbons (Fsp3) is 0.125. The van der Waals surface area contributed by atoms with Gasteiger partial charge in [0.15, 0.2) is 6.73 Å². The number of aromatic hydroxyl groups is 1. The number of carbonyl (C=O) groups excluding carboxylic acids is 1. The Balaban J connectivity index is 1.90. The number of phenols is 1. The first-order chi connectivity index (χ1) is 10.9. The van der Waals surface area contributed by atoms with Gasteiger partial charge in [-0.2, -0.15) is 0 Å². The molecule has 23 heavy (non-hydrogen) atoms. The van der Waals surface area contributed by atoms with Crippen LogP contribution in [0.2, 0.25) is 0 Å². The summed E-state index contributed by atoms with van der Waals surface area (Å²) in [5.41, 5.74) is 0.333. The van der Waals surface area contributed by atoms with E-state index < -0.39 is 5.97 Å². The van der Waals surface area contributed by atoms with Crippen molar-refractivity contribution in [3.8, 4) is 23.0 Å². The summed E-state index contributed by atoms with van der Waals surface area (Å²) >= 11 is 0. The minimum absolute atomic E-state index is 0.0917.